The number of amides is 1. The second-order valence-corrected chi connectivity index (χ2v) is 6.61. The Morgan fingerprint density at radius 1 is 0.962 bits per heavy atom. The van der Waals surface area contributed by atoms with Crippen molar-refractivity contribution in [3.63, 3.8) is 0 Å². The number of benzene rings is 3. The highest BCUT2D eigenvalue weighted by atomic mass is 16.3. The lowest BCUT2D eigenvalue weighted by atomic mass is 10.0. The number of hydrogen-bond acceptors (Lipinski definition) is 3. The maximum atomic E-state index is 12.9. The van der Waals surface area contributed by atoms with E-state index in [4.69, 9.17) is 0 Å². The van der Waals surface area contributed by atoms with Crippen LogP contribution >= 0.6 is 0 Å². The van der Waals surface area contributed by atoms with E-state index in [0.717, 1.165) is 22.0 Å². The Labute approximate surface area is 154 Å². The first-order chi connectivity index (χ1) is 12.6. The Morgan fingerprint density at radius 3 is 2.35 bits per heavy atom. The molecule has 3 rings (SSSR count). The molecule has 1 amide bonds. The standard InChI is InChI=1S/C22H24N2O2/c1-24(2)21-13-7-10-18-19(21)11-6-12-20(18)22(26)23-17(15-25)14-16-8-4-3-5-9-16/h3-13,17,25H,14-15H2,1-2H3,(H,23,26). The second-order valence-electron chi connectivity index (χ2n) is 6.61. The van der Waals surface area contributed by atoms with Gasteiger partial charge in [0.1, 0.15) is 0 Å². The van der Waals surface area contributed by atoms with Crippen LogP contribution in [0, 0.1) is 0 Å². The van der Waals surface area contributed by atoms with Crippen LogP contribution in [0.4, 0.5) is 5.69 Å². The van der Waals surface area contributed by atoms with Crippen molar-refractivity contribution in [1.82, 2.24) is 5.32 Å². The van der Waals surface area contributed by atoms with Gasteiger partial charge in [0.15, 0.2) is 0 Å². The molecule has 0 saturated carbocycles. The van der Waals surface area contributed by atoms with Crippen LogP contribution in [0.3, 0.4) is 0 Å². The molecule has 26 heavy (non-hydrogen) atoms. The number of nitrogens with one attached hydrogen (secondary N) is 1. The SMILES string of the molecule is CN(C)c1cccc2c(C(=O)NC(CO)Cc3ccccc3)cccc12. The molecule has 0 fully saturated rings. The summed E-state index contributed by atoms with van der Waals surface area (Å²) < 4.78 is 0. The van der Waals surface area contributed by atoms with E-state index in [1.807, 2.05) is 85.7 Å². The van der Waals surface area contributed by atoms with Gasteiger partial charge in [-0.15, -0.1) is 0 Å². The van der Waals surface area contributed by atoms with Crippen LogP contribution in [-0.2, 0) is 6.42 Å². The maximum absolute atomic E-state index is 12.9. The van der Waals surface area contributed by atoms with Crippen molar-refractivity contribution in [1.29, 1.82) is 0 Å². The first kappa shape index (κ1) is 18.0. The molecule has 3 aromatic carbocycles. The minimum Gasteiger partial charge on any atom is -0.394 e. The normalized spacial score (nSPS) is 12.0. The van der Waals surface area contributed by atoms with Crippen LogP contribution in [0.25, 0.3) is 10.8 Å². The molecule has 0 aliphatic heterocycles. The van der Waals surface area contributed by atoms with Gasteiger partial charge in [0.2, 0.25) is 0 Å². The lowest BCUT2D eigenvalue weighted by Crippen LogP contribution is -2.39. The van der Waals surface area contributed by atoms with Crippen LogP contribution in [-0.4, -0.2) is 37.8 Å². The van der Waals surface area contributed by atoms with Crippen molar-refractivity contribution in [3.05, 3.63) is 77.9 Å². The molecule has 0 spiro atoms. The van der Waals surface area contributed by atoms with Gasteiger partial charge in [-0.2, -0.15) is 0 Å². The Morgan fingerprint density at radius 2 is 1.65 bits per heavy atom. The third-order valence-corrected chi connectivity index (χ3v) is 4.51. The molecular formula is C22H24N2O2. The fraction of sp³-hybridized carbons (Fsp3) is 0.227. The van der Waals surface area contributed by atoms with E-state index in [-0.39, 0.29) is 18.6 Å². The molecule has 4 heteroatoms. The molecule has 0 aromatic heterocycles. The fourth-order valence-electron chi connectivity index (χ4n) is 3.20. The number of carbonyl (C=O) groups excluding carboxylic acids is 1. The van der Waals surface area contributed by atoms with Gasteiger partial charge in [-0.3, -0.25) is 4.79 Å². The average molecular weight is 348 g/mol. The Hall–Kier alpha value is -2.85. The fourth-order valence-corrected chi connectivity index (χ4v) is 3.20. The van der Waals surface area contributed by atoms with Crippen molar-refractivity contribution in [2.75, 3.05) is 25.6 Å². The van der Waals surface area contributed by atoms with E-state index in [2.05, 4.69) is 5.32 Å². The van der Waals surface area contributed by atoms with E-state index < -0.39 is 0 Å². The van der Waals surface area contributed by atoms with Gasteiger partial charge in [0, 0.05) is 30.7 Å². The zero-order valence-corrected chi connectivity index (χ0v) is 15.1. The predicted octanol–water partition coefficient (Wildman–Crippen LogP) is 3.24. The van der Waals surface area contributed by atoms with Gasteiger partial charge < -0.3 is 15.3 Å². The average Bonchev–Trinajstić information content (AvgIpc) is 2.67. The summed E-state index contributed by atoms with van der Waals surface area (Å²) in [6, 6.07) is 21.2. The Balaban J connectivity index is 1.86. The summed E-state index contributed by atoms with van der Waals surface area (Å²) in [6.45, 7) is -0.103. The van der Waals surface area contributed by atoms with Gasteiger partial charge in [-0.1, -0.05) is 54.6 Å². The smallest absolute Gasteiger partial charge is 0.252 e. The van der Waals surface area contributed by atoms with Crippen LogP contribution in [0.5, 0.6) is 0 Å². The molecule has 3 aromatic rings. The summed E-state index contributed by atoms with van der Waals surface area (Å²) in [5.74, 6) is -0.165. The summed E-state index contributed by atoms with van der Waals surface area (Å²) in [6.07, 6.45) is 0.594. The highest BCUT2D eigenvalue weighted by molar-refractivity contribution is 6.10. The summed E-state index contributed by atoms with van der Waals surface area (Å²) in [7, 11) is 3.98. The number of anilines is 1. The van der Waals surface area contributed by atoms with Crippen molar-refractivity contribution in [2.24, 2.45) is 0 Å². The topological polar surface area (TPSA) is 52.6 Å². The molecule has 1 atom stereocenters. The van der Waals surface area contributed by atoms with Crippen LogP contribution in [0.1, 0.15) is 15.9 Å². The molecule has 1 unspecified atom stereocenters. The maximum Gasteiger partial charge on any atom is 0.252 e. The van der Waals surface area contributed by atoms with E-state index in [9.17, 15) is 9.90 Å². The van der Waals surface area contributed by atoms with Gasteiger partial charge in [-0.25, -0.2) is 0 Å². The lowest BCUT2D eigenvalue weighted by Gasteiger charge is -2.19. The number of fused-ring (bicyclic) bond motifs is 1. The van der Waals surface area contributed by atoms with Crippen molar-refractivity contribution < 1.29 is 9.90 Å². The molecule has 0 aliphatic carbocycles. The summed E-state index contributed by atoms with van der Waals surface area (Å²) >= 11 is 0. The highest BCUT2D eigenvalue weighted by Crippen LogP contribution is 2.28. The zero-order valence-electron chi connectivity index (χ0n) is 15.1. The number of aliphatic hydroxyl groups excluding tert-OH is 1. The van der Waals surface area contributed by atoms with E-state index >= 15 is 0 Å². The number of carbonyl (C=O) groups is 1. The van der Waals surface area contributed by atoms with Crippen LogP contribution in [0.2, 0.25) is 0 Å². The molecule has 0 aliphatic rings. The third kappa shape index (κ3) is 3.86. The number of nitrogens with zero attached hydrogens (tertiary/aromatic N) is 1. The highest BCUT2D eigenvalue weighted by Gasteiger charge is 2.16. The van der Waals surface area contributed by atoms with Crippen molar-refractivity contribution in [3.8, 4) is 0 Å². The second kappa shape index (κ2) is 8.02. The van der Waals surface area contributed by atoms with Crippen LogP contribution < -0.4 is 10.2 Å². The Kier molecular flexibility index (Phi) is 5.54. The van der Waals surface area contributed by atoms with Gasteiger partial charge >= 0.3 is 0 Å². The molecule has 0 radical (unpaired) electrons. The first-order valence-corrected chi connectivity index (χ1v) is 8.75. The minimum absolute atomic E-state index is 0.103. The first-order valence-electron chi connectivity index (χ1n) is 8.75. The quantitative estimate of drug-likeness (QED) is 0.719. The molecule has 0 bridgehead atoms. The van der Waals surface area contributed by atoms with Gasteiger partial charge in [0.25, 0.3) is 5.91 Å². The number of aliphatic hydroxyl groups is 1. The molecule has 0 heterocycles. The molecule has 134 valence electrons. The summed E-state index contributed by atoms with van der Waals surface area (Å²) in [4.78, 5) is 14.9. The van der Waals surface area contributed by atoms with Gasteiger partial charge in [0.05, 0.1) is 12.6 Å². The van der Waals surface area contributed by atoms with E-state index in [1.54, 1.807) is 0 Å². The monoisotopic (exact) mass is 348 g/mol. The third-order valence-electron chi connectivity index (χ3n) is 4.51. The molecule has 2 N–H and O–H groups in total. The van der Waals surface area contributed by atoms with E-state index in [1.165, 1.54) is 0 Å². The number of hydrogen-bond donors (Lipinski definition) is 2. The van der Waals surface area contributed by atoms with E-state index in [0.29, 0.717) is 12.0 Å². The van der Waals surface area contributed by atoms with Crippen LogP contribution in [0.15, 0.2) is 66.7 Å². The molecular weight excluding hydrogens is 324 g/mol. The zero-order chi connectivity index (χ0) is 18.5. The minimum atomic E-state index is -0.322. The lowest BCUT2D eigenvalue weighted by molar-refractivity contribution is 0.0918. The largest absolute Gasteiger partial charge is 0.394 e. The van der Waals surface area contributed by atoms with Crippen molar-refractivity contribution in [2.45, 2.75) is 12.5 Å². The summed E-state index contributed by atoms with van der Waals surface area (Å²) in [5.41, 5.74) is 2.78. The Bertz CT molecular complexity index is 891. The van der Waals surface area contributed by atoms with Crippen molar-refractivity contribution >= 4 is 22.4 Å². The predicted molar refractivity (Wildman–Crippen MR) is 107 cm³/mol. The molecule has 0 saturated heterocycles. The summed E-state index contributed by atoms with van der Waals surface area (Å²) in [5, 5.41) is 14.6. The van der Waals surface area contributed by atoms with Gasteiger partial charge in [-0.05, 0) is 29.5 Å². The number of rotatable bonds is 6. The molecule has 4 nitrogen and oxygen atoms in total.